The molecule has 110 valence electrons. The number of amides is 1. The number of hydrogen-bond acceptors (Lipinski definition) is 4. The zero-order valence-electron chi connectivity index (χ0n) is 12.0. The first kappa shape index (κ1) is 15.3. The van der Waals surface area contributed by atoms with Gasteiger partial charge in [0.05, 0.1) is 6.42 Å². The summed E-state index contributed by atoms with van der Waals surface area (Å²) in [7, 11) is 0. The van der Waals surface area contributed by atoms with E-state index in [-0.39, 0.29) is 12.3 Å². The van der Waals surface area contributed by atoms with E-state index in [9.17, 15) is 9.59 Å². The standard InChI is InChI=1S/C16H17NO3S/c1-11-3-5-14(6-4-11)17-16(19)12(2)20-15(18)9-13-7-8-21-10-13/h3-8,10,12H,9H2,1-2H3,(H,17,19)/t12-/m0/s1. The normalized spacial score (nSPS) is 11.7. The molecule has 1 N–H and O–H groups in total. The summed E-state index contributed by atoms with van der Waals surface area (Å²) in [5.41, 5.74) is 2.70. The molecule has 0 saturated heterocycles. The zero-order valence-corrected chi connectivity index (χ0v) is 12.8. The molecule has 0 saturated carbocycles. The van der Waals surface area contributed by atoms with Crippen LogP contribution >= 0.6 is 11.3 Å². The fraction of sp³-hybridized carbons (Fsp3) is 0.250. The van der Waals surface area contributed by atoms with Gasteiger partial charge in [-0.05, 0) is 48.4 Å². The minimum atomic E-state index is -0.822. The number of aryl methyl sites for hydroxylation is 1. The smallest absolute Gasteiger partial charge is 0.311 e. The molecule has 1 amide bonds. The maximum absolute atomic E-state index is 11.9. The van der Waals surface area contributed by atoms with Crippen molar-refractivity contribution >= 4 is 28.9 Å². The van der Waals surface area contributed by atoms with Gasteiger partial charge in [-0.3, -0.25) is 9.59 Å². The van der Waals surface area contributed by atoms with E-state index in [1.54, 1.807) is 6.92 Å². The molecule has 2 aromatic rings. The van der Waals surface area contributed by atoms with Crippen molar-refractivity contribution in [2.24, 2.45) is 0 Å². The second-order valence-electron chi connectivity index (χ2n) is 4.80. The molecule has 1 atom stereocenters. The molecule has 21 heavy (non-hydrogen) atoms. The fourth-order valence-corrected chi connectivity index (χ4v) is 2.40. The molecule has 1 aromatic heterocycles. The van der Waals surface area contributed by atoms with Crippen molar-refractivity contribution in [3.8, 4) is 0 Å². The van der Waals surface area contributed by atoms with Gasteiger partial charge in [-0.25, -0.2) is 0 Å². The van der Waals surface area contributed by atoms with Gasteiger partial charge in [-0.15, -0.1) is 0 Å². The molecule has 0 radical (unpaired) electrons. The molecule has 0 aliphatic heterocycles. The largest absolute Gasteiger partial charge is 0.452 e. The van der Waals surface area contributed by atoms with Gasteiger partial charge in [-0.2, -0.15) is 11.3 Å². The highest BCUT2D eigenvalue weighted by Gasteiger charge is 2.18. The molecule has 0 bridgehead atoms. The molecular formula is C16H17NO3S. The lowest BCUT2D eigenvalue weighted by molar-refractivity contribution is -0.152. The van der Waals surface area contributed by atoms with Crippen LogP contribution in [0.5, 0.6) is 0 Å². The summed E-state index contributed by atoms with van der Waals surface area (Å²) >= 11 is 1.52. The van der Waals surface area contributed by atoms with Crippen molar-refractivity contribution in [2.45, 2.75) is 26.4 Å². The molecule has 2 rings (SSSR count). The number of nitrogens with one attached hydrogen (secondary N) is 1. The number of benzene rings is 1. The number of carbonyl (C=O) groups is 2. The summed E-state index contributed by atoms with van der Waals surface area (Å²) in [6, 6.07) is 9.30. The molecule has 5 heteroatoms. The van der Waals surface area contributed by atoms with Gasteiger partial charge in [-0.1, -0.05) is 17.7 Å². The van der Waals surface area contributed by atoms with Gasteiger partial charge < -0.3 is 10.1 Å². The monoisotopic (exact) mass is 303 g/mol. The lowest BCUT2D eigenvalue weighted by Crippen LogP contribution is -2.30. The Balaban J connectivity index is 1.84. The summed E-state index contributed by atoms with van der Waals surface area (Å²) in [6.45, 7) is 3.54. The predicted molar refractivity (Wildman–Crippen MR) is 83.4 cm³/mol. The molecule has 1 aromatic carbocycles. The Labute approximate surface area is 127 Å². The highest BCUT2D eigenvalue weighted by Crippen LogP contribution is 2.11. The second-order valence-corrected chi connectivity index (χ2v) is 5.58. The van der Waals surface area contributed by atoms with Crippen LogP contribution in [0, 0.1) is 6.92 Å². The molecule has 0 unspecified atom stereocenters. The Bertz CT molecular complexity index is 605. The molecule has 0 aliphatic carbocycles. The molecule has 0 fully saturated rings. The van der Waals surface area contributed by atoms with Crippen LogP contribution in [0.1, 0.15) is 18.1 Å². The van der Waals surface area contributed by atoms with E-state index in [1.807, 2.05) is 48.0 Å². The van der Waals surface area contributed by atoms with E-state index in [0.29, 0.717) is 5.69 Å². The van der Waals surface area contributed by atoms with E-state index in [1.165, 1.54) is 11.3 Å². The van der Waals surface area contributed by atoms with Crippen LogP contribution in [-0.2, 0) is 20.7 Å². The van der Waals surface area contributed by atoms with Gasteiger partial charge in [0.1, 0.15) is 0 Å². The quantitative estimate of drug-likeness (QED) is 0.863. The Kier molecular flexibility index (Phi) is 5.11. The zero-order chi connectivity index (χ0) is 15.2. The van der Waals surface area contributed by atoms with Crippen molar-refractivity contribution in [3.63, 3.8) is 0 Å². The van der Waals surface area contributed by atoms with Crippen LogP contribution < -0.4 is 5.32 Å². The van der Waals surface area contributed by atoms with Crippen molar-refractivity contribution in [1.82, 2.24) is 0 Å². The van der Waals surface area contributed by atoms with E-state index >= 15 is 0 Å². The maximum atomic E-state index is 11.9. The topological polar surface area (TPSA) is 55.4 Å². The van der Waals surface area contributed by atoms with Crippen molar-refractivity contribution in [1.29, 1.82) is 0 Å². The van der Waals surface area contributed by atoms with Crippen LogP contribution in [0.3, 0.4) is 0 Å². The minimum Gasteiger partial charge on any atom is -0.452 e. The number of esters is 1. The van der Waals surface area contributed by atoms with Gasteiger partial charge in [0.15, 0.2) is 6.10 Å². The SMILES string of the molecule is Cc1ccc(NC(=O)[C@H](C)OC(=O)Cc2ccsc2)cc1. The highest BCUT2D eigenvalue weighted by molar-refractivity contribution is 7.07. The number of thiophene rings is 1. The van der Waals surface area contributed by atoms with Crippen molar-refractivity contribution in [3.05, 3.63) is 52.2 Å². The summed E-state index contributed by atoms with van der Waals surface area (Å²) in [5.74, 6) is -0.738. The van der Waals surface area contributed by atoms with Crippen LogP contribution in [0.2, 0.25) is 0 Å². The predicted octanol–water partition coefficient (Wildman–Crippen LogP) is 3.17. The Morgan fingerprint density at radius 1 is 1.24 bits per heavy atom. The number of hydrogen-bond donors (Lipinski definition) is 1. The van der Waals surface area contributed by atoms with Crippen molar-refractivity contribution < 1.29 is 14.3 Å². The third-order valence-corrected chi connectivity index (χ3v) is 3.66. The first-order valence-electron chi connectivity index (χ1n) is 6.62. The van der Waals surface area contributed by atoms with E-state index in [2.05, 4.69) is 5.32 Å². The number of carbonyl (C=O) groups excluding carboxylic acids is 2. The van der Waals surface area contributed by atoms with E-state index in [0.717, 1.165) is 11.1 Å². The van der Waals surface area contributed by atoms with Crippen LogP contribution in [0.15, 0.2) is 41.1 Å². The summed E-state index contributed by atoms with van der Waals surface area (Å²) < 4.78 is 5.14. The summed E-state index contributed by atoms with van der Waals surface area (Å²) in [4.78, 5) is 23.7. The summed E-state index contributed by atoms with van der Waals surface area (Å²) in [6.07, 6.45) is -0.636. The maximum Gasteiger partial charge on any atom is 0.311 e. The molecule has 4 nitrogen and oxygen atoms in total. The van der Waals surface area contributed by atoms with Crippen LogP contribution in [0.4, 0.5) is 5.69 Å². The Morgan fingerprint density at radius 2 is 1.95 bits per heavy atom. The lowest BCUT2D eigenvalue weighted by Gasteiger charge is -2.13. The average molecular weight is 303 g/mol. The molecular weight excluding hydrogens is 286 g/mol. The minimum absolute atomic E-state index is 0.186. The molecule has 0 aliphatic rings. The first-order valence-corrected chi connectivity index (χ1v) is 7.57. The number of ether oxygens (including phenoxy) is 1. The number of rotatable bonds is 5. The van der Waals surface area contributed by atoms with Crippen LogP contribution in [0.25, 0.3) is 0 Å². The fourth-order valence-electron chi connectivity index (χ4n) is 1.73. The third kappa shape index (κ3) is 4.72. The van der Waals surface area contributed by atoms with Gasteiger partial charge in [0.2, 0.25) is 0 Å². The average Bonchev–Trinajstić information content (AvgIpc) is 2.94. The molecule has 1 heterocycles. The number of anilines is 1. The van der Waals surface area contributed by atoms with E-state index < -0.39 is 12.1 Å². The third-order valence-electron chi connectivity index (χ3n) is 2.93. The van der Waals surface area contributed by atoms with E-state index in [4.69, 9.17) is 4.74 Å². The second kappa shape index (κ2) is 7.04. The Morgan fingerprint density at radius 3 is 2.57 bits per heavy atom. The highest BCUT2D eigenvalue weighted by atomic mass is 32.1. The first-order chi connectivity index (χ1) is 10.0. The van der Waals surface area contributed by atoms with Gasteiger partial charge in [0.25, 0.3) is 5.91 Å². The molecule has 0 spiro atoms. The van der Waals surface area contributed by atoms with Crippen LogP contribution in [-0.4, -0.2) is 18.0 Å². The van der Waals surface area contributed by atoms with Gasteiger partial charge >= 0.3 is 5.97 Å². The Hall–Kier alpha value is -2.14. The van der Waals surface area contributed by atoms with Crippen molar-refractivity contribution in [2.75, 3.05) is 5.32 Å². The lowest BCUT2D eigenvalue weighted by atomic mass is 10.2. The summed E-state index contributed by atoms with van der Waals surface area (Å²) in [5, 5.41) is 6.51. The van der Waals surface area contributed by atoms with Gasteiger partial charge in [0, 0.05) is 5.69 Å².